The molecule has 0 radical (unpaired) electrons. The molecule has 1 amide bonds. The summed E-state index contributed by atoms with van der Waals surface area (Å²) in [6.07, 6.45) is 3.88. The summed E-state index contributed by atoms with van der Waals surface area (Å²) in [4.78, 5) is 16.1. The van der Waals surface area contributed by atoms with Crippen LogP contribution < -0.4 is 16.7 Å². The summed E-state index contributed by atoms with van der Waals surface area (Å²) in [6, 6.07) is 0. The summed E-state index contributed by atoms with van der Waals surface area (Å²) >= 11 is 0. The minimum atomic E-state index is -0.259. The van der Waals surface area contributed by atoms with Gasteiger partial charge < -0.3 is 5.43 Å². The second-order valence-corrected chi connectivity index (χ2v) is 3.75. The third kappa shape index (κ3) is 4.16. The molecule has 0 fully saturated rings. The van der Waals surface area contributed by atoms with Crippen molar-refractivity contribution < 1.29 is 14.0 Å². The zero-order valence-corrected chi connectivity index (χ0v) is 9.88. The summed E-state index contributed by atoms with van der Waals surface area (Å²) in [5, 5.41) is 0. The third-order valence-corrected chi connectivity index (χ3v) is 2.40. The average Bonchev–Trinajstić information content (AvgIpc) is 2.31. The number of carbonyl (C=O) groups excluding carboxylic acids is 1. The largest absolute Gasteiger partial charge is 0.324 e. The van der Waals surface area contributed by atoms with Crippen molar-refractivity contribution in [3.8, 4) is 0 Å². The first-order valence-electron chi connectivity index (χ1n) is 5.64. The molecule has 0 aromatic carbocycles. The maximum Gasteiger partial charge on any atom is 0.243 e. The van der Waals surface area contributed by atoms with Crippen molar-refractivity contribution in [3.05, 3.63) is 23.2 Å². The van der Waals surface area contributed by atoms with Crippen LogP contribution >= 0.6 is 0 Å². The number of hydrazine groups is 1. The van der Waals surface area contributed by atoms with E-state index in [2.05, 4.69) is 10.9 Å². The Kier molecular flexibility index (Phi) is 5.65. The summed E-state index contributed by atoms with van der Waals surface area (Å²) in [6.45, 7) is 1.86. The smallest absolute Gasteiger partial charge is 0.243 e. The molecule has 0 heterocycles. The fourth-order valence-electron chi connectivity index (χ4n) is 1.53. The summed E-state index contributed by atoms with van der Waals surface area (Å²) in [7, 11) is 0. The molecule has 5 nitrogen and oxygen atoms in total. The van der Waals surface area contributed by atoms with Gasteiger partial charge in [0.2, 0.25) is 5.91 Å². The zero-order chi connectivity index (χ0) is 12.7. The third-order valence-electron chi connectivity index (χ3n) is 2.40. The lowest BCUT2D eigenvalue weighted by Crippen LogP contribution is -2.29. The van der Waals surface area contributed by atoms with Crippen molar-refractivity contribution in [1.82, 2.24) is 10.9 Å². The van der Waals surface area contributed by atoms with Crippen LogP contribution in [-0.4, -0.2) is 12.5 Å². The van der Waals surface area contributed by atoms with Gasteiger partial charge in [-0.3, -0.25) is 15.5 Å². The number of hydrogen-bond acceptors (Lipinski definition) is 4. The maximum absolute atomic E-state index is 13.5. The van der Waals surface area contributed by atoms with Gasteiger partial charge in [0.15, 0.2) is 0 Å². The van der Waals surface area contributed by atoms with Crippen molar-refractivity contribution in [1.29, 1.82) is 0 Å². The molecule has 96 valence electrons. The molecule has 0 saturated carbocycles. The number of amides is 1. The predicted octanol–water partition coefficient (Wildman–Crippen LogP) is 1.20. The van der Waals surface area contributed by atoms with E-state index in [0.717, 1.165) is 6.42 Å². The Morgan fingerprint density at radius 3 is 3.06 bits per heavy atom. The number of halogens is 1. The van der Waals surface area contributed by atoms with E-state index < -0.39 is 0 Å². The molecule has 0 saturated heterocycles. The molecule has 0 atom stereocenters. The molecule has 4 N–H and O–H groups in total. The lowest BCUT2D eigenvalue weighted by atomic mass is 10.0. The van der Waals surface area contributed by atoms with Gasteiger partial charge in [-0.15, -0.1) is 0 Å². The minimum Gasteiger partial charge on any atom is -0.324 e. The molecule has 0 aliphatic heterocycles. The van der Waals surface area contributed by atoms with Gasteiger partial charge in [-0.25, -0.2) is 9.87 Å². The van der Waals surface area contributed by atoms with Crippen LogP contribution in [0.15, 0.2) is 23.2 Å². The molecule has 1 aliphatic rings. The number of nitrogens with one attached hydrogen (secondary N) is 2. The first-order valence-corrected chi connectivity index (χ1v) is 5.64. The van der Waals surface area contributed by atoms with Gasteiger partial charge in [-0.1, -0.05) is 13.0 Å². The van der Waals surface area contributed by atoms with Crippen LogP contribution in [0.3, 0.4) is 0 Å². The first kappa shape index (κ1) is 13.7. The molecule has 0 unspecified atom stereocenters. The fourth-order valence-corrected chi connectivity index (χ4v) is 1.53. The van der Waals surface area contributed by atoms with Crippen LogP contribution in [0.25, 0.3) is 0 Å². The Balaban J connectivity index is 2.44. The van der Waals surface area contributed by atoms with Crippen LogP contribution in [0.4, 0.5) is 4.39 Å². The van der Waals surface area contributed by atoms with Crippen LogP contribution in [0, 0.1) is 0 Å². The molecule has 0 bridgehead atoms. The number of carbonyl (C=O) groups is 1. The maximum atomic E-state index is 13.5. The summed E-state index contributed by atoms with van der Waals surface area (Å²) in [5.74, 6) is 4.80. The Morgan fingerprint density at radius 1 is 1.65 bits per heavy atom. The summed E-state index contributed by atoms with van der Waals surface area (Å²) in [5.41, 5.74) is 5.55. The van der Waals surface area contributed by atoms with E-state index in [1.54, 1.807) is 6.08 Å². The molecule has 0 aromatic rings. The topological polar surface area (TPSA) is 76.4 Å². The van der Waals surface area contributed by atoms with E-state index >= 15 is 0 Å². The second-order valence-electron chi connectivity index (χ2n) is 3.75. The Hall–Kier alpha value is -1.40. The number of nitrogens with two attached hydrogens (primary N) is 1. The second kappa shape index (κ2) is 7.03. The van der Waals surface area contributed by atoms with Gasteiger partial charge in [-0.2, -0.15) is 0 Å². The standard InChI is InChI=1S/C11H18FN3O2/c1-2-4-11(16)15-17-7-8-9(12)5-3-6-10(8)14-13/h6,14H,2-5,7,13H2,1H3,(H,15,16). The van der Waals surface area contributed by atoms with Gasteiger partial charge in [0, 0.05) is 18.4 Å². The lowest BCUT2D eigenvalue weighted by molar-refractivity contribution is -0.132. The Morgan fingerprint density at radius 2 is 2.41 bits per heavy atom. The van der Waals surface area contributed by atoms with Gasteiger partial charge in [-0.05, 0) is 12.8 Å². The van der Waals surface area contributed by atoms with E-state index in [1.807, 2.05) is 6.92 Å². The van der Waals surface area contributed by atoms with Crippen LogP contribution in [0.1, 0.15) is 32.6 Å². The lowest BCUT2D eigenvalue weighted by Gasteiger charge is -2.17. The van der Waals surface area contributed by atoms with Crippen molar-refractivity contribution in [2.24, 2.45) is 5.84 Å². The van der Waals surface area contributed by atoms with E-state index in [-0.39, 0.29) is 18.3 Å². The van der Waals surface area contributed by atoms with Crippen LogP contribution in [0.5, 0.6) is 0 Å². The Bertz CT molecular complexity index is 340. The molecule has 6 heteroatoms. The van der Waals surface area contributed by atoms with Gasteiger partial charge in [0.05, 0.1) is 5.70 Å². The predicted molar refractivity (Wildman–Crippen MR) is 61.8 cm³/mol. The SMILES string of the molecule is CCCC(=O)NOCC1=C(F)CCC=C1NN. The number of hydrogen-bond donors (Lipinski definition) is 3. The molecular formula is C11H18FN3O2. The molecular weight excluding hydrogens is 225 g/mol. The van der Waals surface area contributed by atoms with Crippen molar-refractivity contribution >= 4 is 5.91 Å². The fraction of sp³-hybridized carbons (Fsp3) is 0.545. The monoisotopic (exact) mass is 243 g/mol. The zero-order valence-electron chi connectivity index (χ0n) is 9.88. The quantitative estimate of drug-likeness (QED) is 0.484. The normalized spacial score (nSPS) is 15.6. The van der Waals surface area contributed by atoms with E-state index in [0.29, 0.717) is 30.5 Å². The van der Waals surface area contributed by atoms with Gasteiger partial charge >= 0.3 is 0 Å². The molecule has 17 heavy (non-hydrogen) atoms. The van der Waals surface area contributed by atoms with E-state index in [4.69, 9.17) is 10.7 Å². The number of allylic oxidation sites excluding steroid dienone is 2. The highest BCUT2D eigenvalue weighted by Crippen LogP contribution is 2.24. The Labute approximate surface area is 99.8 Å². The van der Waals surface area contributed by atoms with E-state index in [1.165, 1.54) is 0 Å². The highest BCUT2D eigenvalue weighted by molar-refractivity contribution is 5.74. The summed E-state index contributed by atoms with van der Waals surface area (Å²) < 4.78 is 13.5. The molecule has 1 rings (SSSR count). The highest BCUT2D eigenvalue weighted by atomic mass is 19.1. The van der Waals surface area contributed by atoms with Crippen molar-refractivity contribution in [3.63, 3.8) is 0 Å². The van der Waals surface area contributed by atoms with Gasteiger partial charge in [0.25, 0.3) is 0 Å². The molecule has 0 aromatic heterocycles. The van der Waals surface area contributed by atoms with Crippen molar-refractivity contribution in [2.75, 3.05) is 6.61 Å². The van der Waals surface area contributed by atoms with Gasteiger partial charge in [0.1, 0.15) is 12.4 Å². The van der Waals surface area contributed by atoms with Crippen LogP contribution in [-0.2, 0) is 9.63 Å². The first-order chi connectivity index (χ1) is 8.19. The van der Waals surface area contributed by atoms with Crippen molar-refractivity contribution in [2.45, 2.75) is 32.6 Å². The average molecular weight is 243 g/mol. The molecule has 0 spiro atoms. The van der Waals surface area contributed by atoms with E-state index in [9.17, 15) is 9.18 Å². The number of rotatable bonds is 6. The highest BCUT2D eigenvalue weighted by Gasteiger charge is 2.16. The molecule has 1 aliphatic carbocycles. The minimum absolute atomic E-state index is 0.0304. The van der Waals surface area contributed by atoms with Crippen LogP contribution in [0.2, 0.25) is 0 Å². The number of hydroxylamine groups is 1.